The summed E-state index contributed by atoms with van der Waals surface area (Å²) < 4.78 is 28.5. The number of aliphatic carboxylic acids is 1. The van der Waals surface area contributed by atoms with E-state index in [1.807, 2.05) is 13.0 Å². The summed E-state index contributed by atoms with van der Waals surface area (Å²) in [5.74, 6) is -1.78. The molecule has 30 heavy (non-hydrogen) atoms. The molecule has 2 unspecified atom stereocenters. The van der Waals surface area contributed by atoms with Gasteiger partial charge in [-0.05, 0) is 42.7 Å². The fourth-order valence-corrected chi connectivity index (χ4v) is 6.87. The summed E-state index contributed by atoms with van der Waals surface area (Å²) in [7, 11) is -3.70. The number of hydrogen-bond donors (Lipinski definition) is 1. The van der Waals surface area contributed by atoms with Crippen molar-refractivity contribution >= 4 is 44.9 Å². The maximum absolute atomic E-state index is 13.5. The summed E-state index contributed by atoms with van der Waals surface area (Å²) >= 11 is 12.1. The van der Waals surface area contributed by atoms with E-state index in [0.29, 0.717) is 40.8 Å². The quantitative estimate of drug-likeness (QED) is 0.728. The number of fused-ring (bicyclic) bond motifs is 1. The lowest BCUT2D eigenvalue weighted by atomic mass is 10.0. The van der Waals surface area contributed by atoms with Gasteiger partial charge >= 0.3 is 5.97 Å². The van der Waals surface area contributed by atoms with E-state index in [-0.39, 0.29) is 12.5 Å². The average Bonchev–Trinajstić information content (AvgIpc) is 3.11. The molecule has 0 amide bonds. The summed E-state index contributed by atoms with van der Waals surface area (Å²) in [4.78, 5) is 13.8. The van der Waals surface area contributed by atoms with Gasteiger partial charge < -0.3 is 10.0 Å². The lowest BCUT2D eigenvalue weighted by Gasteiger charge is -2.41. The molecule has 2 aliphatic rings. The molecule has 3 atom stereocenters. The smallest absolute Gasteiger partial charge is 0.311 e. The van der Waals surface area contributed by atoms with Gasteiger partial charge in [0.05, 0.1) is 16.0 Å². The van der Waals surface area contributed by atoms with Crippen molar-refractivity contribution in [1.29, 1.82) is 0 Å². The molecule has 0 bridgehead atoms. The second-order valence-electron chi connectivity index (χ2n) is 7.79. The lowest BCUT2D eigenvalue weighted by Crippen LogP contribution is -2.54. The molecule has 2 aromatic carbocycles. The molecule has 0 aromatic heterocycles. The van der Waals surface area contributed by atoms with Crippen LogP contribution in [0.15, 0.2) is 42.5 Å². The van der Waals surface area contributed by atoms with Crippen LogP contribution in [0.1, 0.15) is 35.6 Å². The van der Waals surface area contributed by atoms with E-state index in [0.717, 1.165) is 5.69 Å². The minimum atomic E-state index is -3.70. The van der Waals surface area contributed by atoms with Crippen molar-refractivity contribution in [1.82, 2.24) is 4.31 Å². The zero-order valence-corrected chi connectivity index (χ0v) is 18.7. The van der Waals surface area contributed by atoms with E-state index >= 15 is 0 Å². The van der Waals surface area contributed by atoms with Gasteiger partial charge in [-0.3, -0.25) is 4.79 Å². The molecule has 1 N–H and O–H groups in total. The van der Waals surface area contributed by atoms with Crippen LogP contribution < -0.4 is 4.90 Å². The van der Waals surface area contributed by atoms with E-state index in [1.54, 1.807) is 36.4 Å². The van der Waals surface area contributed by atoms with Crippen LogP contribution in [0.2, 0.25) is 10.0 Å². The van der Waals surface area contributed by atoms with Crippen molar-refractivity contribution in [3.8, 4) is 0 Å². The number of sulfonamides is 1. The number of anilines is 1. The minimum Gasteiger partial charge on any atom is -0.481 e. The fourth-order valence-electron chi connectivity index (χ4n) is 4.49. The number of piperazine rings is 1. The van der Waals surface area contributed by atoms with Crippen molar-refractivity contribution in [2.45, 2.75) is 30.6 Å². The zero-order valence-electron chi connectivity index (χ0n) is 16.3. The molecule has 1 fully saturated rings. The van der Waals surface area contributed by atoms with Crippen molar-refractivity contribution < 1.29 is 18.3 Å². The van der Waals surface area contributed by atoms with Crippen LogP contribution in [-0.4, -0.2) is 49.5 Å². The van der Waals surface area contributed by atoms with E-state index in [1.165, 1.54) is 4.31 Å². The Morgan fingerprint density at radius 1 is 1.07 bits per heavy atom. The predicted molar refractivity (Wildman–Crippen MR) is 118 cm³/mol. The largest absolute Gasteiger partial charge is 0.481 e. The molecule has 4 rings (SSSR count). The SMILES string of the molecule is CC1CN(S(=O)(=O)[C@H]2CC(C(=O)O)c3ccccc32)CCN1c1ccc(Cl)c(Cl)c1. The Morgan fingerprint density at radius 2 is 1.77 bits per heavy atom. The molecule has 0 saturated carbocycles. The Hall–Kier alpha value is -1.80. The summed E-state index contributed by atoms with van der Waals surface area (Å²) in [6, 6.07) is 12.3. The van der Waals surface area contributed by atoms with E-state index in [9.17, 15) is 18.3 Å². The van der Waals surface area contributed by atoms with Gasteiger partial charge in [-0.25, -0.2) is 8.42 Å². The number of carbonyl (C=O) groups is 1. The van der Waals surface area contributed by atoms with Crippen LogP contribution in [0, 0.1) is 0 Å². The Bertz CT molecular complexity index is 1090. The number of carboxylic acid groups (broad SMARTS) is 1. The first-order chi connectivity index (χ1) is 14.2. The topological polar surface area (TPSA) is 77.9 Å². The van der Waals surface area contributed by atoms with Crippen LogP contribution in [0.5, 0.6) is 0 Å². The van der Waals surface area contributed by atoms with Crippen molar-refractivity contribution in [2.24, 2.45) is 0 Å². The summed E-state index contributed by atoms with van der Waals surface area (Å²) in [5, 5.41) is 9.66. The molecule has 0 spiro atoms. The summed E-state index contributed by atoms with van der Waals surface area (Å²) in [5.41, 5.74) is 2.09. The molecule has 2 aromatic rings. The van der Waals surface area contributed by atoms with Gasteiger partial charge in [-0.2, -0.15) is 4.31 Å². The number of nitrogens with zero attached hydrogens (tertiary/aromatic N) is 2. The van der Waals surface area contributed by atoms with Gasteiger partial charge in [-0.15, -0.1) is 0 Å². The summed E-state index contributed by atoms with van der Waals surface area (Å²) in [6.07, 6.45) is 0.0679. The third-order valence-corrected chi connectivity index (χ3v) is 8.97. The molecule has 9 heteroatoms. The van der Waals surface area contributed by atoms with E-state index < -0.39 is 27.2 Å². The van der Waals surface area contributed by atoms with Gasteiger partial charge in [0.25, 0.3) is 0 Å². The van der Waals surface area contributed by atoms with Crippen molar-refractivity contribution in [3.63, 3.8) is 0 Å². The van der Waals surface area contributed by atoms with Crippen LogP contribution in [0.25, 0.3) is 0 Å². The van der Waals surface area contributed by atoms with Gasteiger partial charge in [0.1, 0.15) is 5.25 Å². The Morgan fingerprint density at radius 3 is 2.40 bits per heavy atom. The summed E-state index contributed by atoms with van der Waals surface area (Å²) in [6.45, 7) is 3.12. The van der Waals surface area contributed by atoms with Crippen LogP contribution >= 0.6 is 23.2 Å². The van der Waals surface area contributed by atoms with Crippen molar-refractivity contribution in [2.75, 3.05) is 24.5 Å². The zero-order chi connectivity index (χ0) is 21.6. The first-order valence-electron chi connectivity index (χ1n) is 9.72. The third-order valence-electron chi connectivity index (χ3n) is 6.01. The molecular weight excluding hydrogens is 447 g/mol. The van der Waals surface area contributed by atoms with Crippen LogP contribution in [0.3, 0.4) is 0 Å². The Kier molecular flexibility index (Phi) is 5.74. The van der Waals surface area contributed by atoms with E-state index in [2.05, 4.69) is 4.90 Å². The minimum absolute atomic E-state index is 0.0679. The highest BCUT2D eigenvalue weighted by molar-refractivity contribution is 7.89. The Labute approximate surface area is 186 Å². The maximum atomic E-state index is 13.5. The van der Waals surface area contributed by atoms with Crippen LogP contribution in [0.4, 0.5) is 5.69 Å². The average molecular weight is 469 g/mol. The maximum Gasteiger partial charge on any atom is 0.311 e. The molecule has 1 saturated heterocycles. The van der Waals surface area contributed by atoms with Gasteiger partial charge in [0.2, 0.25) is 10.0 Å². The molecule has 1 aliphatic heterocycles. The predicted octanol–water partition coefficient (Wildman–Crippen LogP) is 4.15. The Balaban J connectivity index is 1.57. The third kappa shape index (κ3) is 3.68. The highest BCUT2D eigenvalue weighted by atomic mass is 35.5. The number of benzene rings is 2. The van der Waals surface area contributed by atoms with Crippen molar-refractivity contribution in [3.05, 3.63) is 63.6 Å². The molecule has 1 aliphatic carbocycles. The molecule has 1 heterocycles. The highest BCUT2D eigenvalue weighted by Gasteiger charge is 2.45. The van der Waals surface area contributed by atoms with Gasteiger partial charge in [-0.1, -0.05) is 47.5 Å². The number of carboxylic acids is 1. The first-order valence-corrected chi connectivity index (χ1v) is 12.0. The van der Waals surface area contributed by atoms with Crippen LogP contribution in [-0.2, 0) is 14.8 Å². The monoisotopic (exact) mass is 468 g/mol. The van der Waals surface area contributed by atoms with Gasteiger partial charge in [0.15, 0.2) is 0 Å². The second-order valence-corrected chi connectivity index (χ2v) is 10.7. The molecular formula is C21H22Cl2N2O4S. The fraction of sp³-hybridized carbons (Fsp3) is 0.381. The number of rotatable bonds is 4. The second kappa shape index (κ2) is 8.04. The normalized spacial score (nSPS) is 24.6. The highest BCUT2D eigenvalue weighted by Crippen LogP contribution is 2.46. The number of hydrogen-bond acceptors (Lipinski definition) is 4. The molecule has 0 radical (unpaired) electrons. The molecule has 6 nitrogen and oxygen atoms in total. The standard InChI is InChI=1S/C21H22Cl2N2O4S/c1-13-12-24(8-9-25(13)14-6-7-18(22)19(23)10-14)30(28,29)20-11-17(21(26)27)15-4-2-3-5-16(15)20/h2-7,10,13,17,20H,8-9,11-12H2,1H3,(H,26,27)/t13?,17?,20-/m0/s1. The lowest BCUT2D eigenvalue weighted by molar-refractivity contribution is -0.138. The molecule has 160 valence electrons. The number of halogens is 2. The van der Waals surface area contributed by atoms with Gasteiger partial charge in [0, 0.05) is 31.4 Å². The first kappa shape index (κ1) is 21.4. The van der Waals surface area contributed by atoms with E-state index in [4.69, 9.17) is 23.2 Å².